The molecule has 0 saturated carbocycles. The number of hydrogen-bond donors (Lipinski definition) is 1. The van der Waals surface area contributed by atoms with E-state index in [0.717, 1.165) is 12.2 Å². The molecule has 1 aromatic rings. The van der Waals surface area contributed by atoms with Crippen molar-refractivity contribution in [1.82, 2.24) is 0 Å². The van der Waals surface area contributed by atoms with E-state index in [9.17, 15) is 0 Å². The van der Waals surface area contributed by atoms with Crippen molar-refractivity contribution in [3.05, 3.63) is 30.3 Å². The van der Waals surface area contributed by atoms with Crippen molar-refractivity contribution in [2.45, 2.75) is 0 Å². The van der Waals surface area contributed by atoms with Gasteiger partial charge in [-0.15, -0.1) is 0 Å². The van der Waals surface area contributed by atoms with Crippen LogP contribution in [0.5, 0.6) is 0 Å². The first-order chi connectivity index (χ1) is 9.88. The lowest BCUT2D eigenvalue weighted by Crippen LogP contribution is -2.30. The average molecular weight is 283 g/mol. The highest BCUT2D eigenvalue weighted by Crippen LogP contribution is 2.12. The second kappa shape index (κ2) is 11.7. The monoisotopic (exact) mass is 283 g/mol. The standard InChI is InChI=1S/C15H25NO4/c1-18-11-12-20-14-13-19-10-8-16(7-9-17)15-5-3-2-4-6-15/h2-6,17H,7-14H2,1H3. The van der Waals surface area contributed by atoms with Crippen LogP contribution >= 0.6 is 0 Å². The molecule has 0 fully saturated rings. The van der Waals surface area contributed by atoms with Gasteiger partial charge in [-0.25, -0.2) is 0 Å². The first-order valence-corrected chi connectivity index (χ1v) is 6.93. The third-order valence-corrected chi connectivity index (χ3v) is 2.80. The van der Waals surface area contributed by atoms with Gasteiger partial charge in [0.05, 0.1) is 39.6 Å². The Bertz CT molecular complexity index is 321. The van der Waals surface area contributed by atoms with Gasteiger partial charge in [-0.05, 0) is 12.1 Å². The largest absolute Gasteiger partial charge is 0.395 e. The molecule has 1 N–H and O–H groups in total. The Kier molecular flexibility index (Phi) is 9.87. The van der Waals surface area contributed by atoms with Gasteiger partial charge in [-0.1, -0.05) is 18.2 Å². The highest BCUT2D eigenvalue weighted by molar-refractivity contribution is 5.45. The first kappa shape index (κ1) is 16.9. The predicted octanol–water partition coefficient (Wildman–Crippen LogP) is 1.16. The summed E-state index contributed by atoms with van der Waals surface area (Å²) in [5.74, 6) is 0. The molecule has 0 aliphatic heterocycles. The smallest absolute Gasteiger partial charge is 0.0701 e. The fraction of sp³-hybridized carbons (Fsp3) is 0.600. The summed E-state index contributed by atoms with van der Waals surface area (Å²) in [6.07, 6.45) is 0. The Hall–Kier alpha value is -1.14. The second-order valence-corrected chi connectivity index (χ2v) is 4.26. The maximum absolute atomic E-state index is 9.11. The van der Waals surface area contributed by atoms with Crippen LogP contribution < -0.4 is 4.90 Å². The lowest BCUT2D eigenvalue weighted by Gasteiger charge is -2.23. The summed E-state index contributed by atoms with van der Waals surface area (Å²) < 4.78 is 15.7. The van der Waals surface area contributed by atoms with Gasteiger partial charge in [0.2, 0.25) is 0 Å². The SMILES string of the molecule is COCCOCCOCCN(CCO)c1ccccc1. The van der Waals surface area contributed by atoms with Gasteiger partial charge in [0.15, 0.2) is 0 Å². The topological polar surface area (TPSA) is 51.2 Å². The molecule has 0 amide bonds. The highest BCUT2D eigenvalue weighted by atomic mass is 16.5. The van der Waals surface area contributed by atoms with Crippen LogP contribution in [0.2, 0.25) is 0 Å². The van der Waals surface area contributed by atoms with Gasteiger partial charge in [-0.3, -0.25) is 0 Å². The number of rotatable bonds is 12. The van der Waals surface area contributed by atoms with E-state index in [1.54, 1.807) is 7.11 Å². The van der Waals surface area contributed by atoms with Gasteiger partial charge in [0.1, 0.15) is 0 Å². The van der Waals surface area contributed by atoms with Crippen LogP contribution in [0.15, 0.2) is 30.3 Å². The molecule has 20 heavy (non-hydrogen) atoms. The summed E-state index contributed by atoms with van der Waals surface area (Å²) in [6, 6.07) is 10.0. The molecule has 1 rings (SSSR count). The van der Waals surface area contributed by atoms with Crippen LogP contribution in [0, 0.1) is 0 Å². The van der Waals surface area contributed by atoms with Crippen molar-refractivity contribution in [2.24, 2.45) is 0 Å². The lowest BCUT2D eigenvalue weighted by atomic mass is 10.3. The molecule has 0 atom stereocenters. The third kappa shape index (κ3) is 7.45. The number of nitrogens with zero attached hydrogens (tertiary/aromatic N) is 1. The van der Waals surface area contributed by atoms with Crippen molar-refractivity contribution in [3.8, 4) is 0 Å². The zero-order chi connectivity index (χ0) is 14.5. The zero-order valence-corrected chi connectivity index (χ0v) is 12.2. The fourth-order valence-electron chi connectivity index (χ4n) is 1.77. The number of benzene rings is 1. The number of ether oxygens (including phenoxy) is 3. The van der Waals surface area contributed by atoms with Gasteiger partial charge >= 0.3 is 0 Å². The Morgan fingerprint density at radius 1 is 0.900 bits per heavy atom. The minimum Gasteiger partial charge on any atom is -0.395 e. The molecule has 0 bridgehead atoms. The van der Waals surface area contributed by atoms with Crippen LogP contribution in [0.25, 0.3) is 0 Å². The van der Waals surface area contributed by atoms with Crippen LogP contribution in [-0.2, 0) is 14.2 Å². The van der Waals surface area contributed by atoms with E-state index in [-0.39, 0.29) is 6.61 Å². The number of aliphatic hydroxyl groups excluding tert-OH is 1. The third-order valence-electron chi connectivity index (χ3n) is 2.80. The fourth-order valence-corrected chi connectivity index (χ4v) is 1.77. The average Bonchev–Trinajstić information content (AvgIpc) is 2.50. The van der Waals surface area contributed by atoms with Crippen molar-refractivity contribution >= 4 is 5.69 Å². The molecular formula is C15H25NO4. The lowest BCUT2D eigenvalue weighted by molar-refractivity contribution is 0.0264. The quantitative estimate of drug-likeness (QED) is 0.584. The maximum atomic E-state index is 9.11. The van der Waals surface area contributed by atoms with E-state index in [1.807, 2.05) is 30.3 Å². The van der Waals surface area contributed by atoms with E-state index in [0.29, 0.717) is 39.6 Å². The molecule has 0 radical (unpaired) electrons. The van der Waals surface area contributed by atoms with Crippen LogP contribution in [-0.4, -0.2) is 64.9 Å². The van der Waals surface area contributed by atoms with Crippen molar-refractivity contribution < 1.29 is 19.3 Å². The Balaban J connectivity index is 2.14. The van der Waals surface area contributed by atoms with E-state index in [4.69, 9.17) is 19.3 Å². The van der Waals surface area contributed by atoms with Gasteiger partial charge < -0.3 is 24.2 Å². The number of hydrogen-bond acceptors (Lipinski definition) is 5. The Labute approximate surface area is 121 Å². The molecule has 5 nitrogen and oxygen atoms in total. The summed E-state index contributed by atoms with van der Waals surface area (Å²) >= 11 is 0. The second-order valence-electron chi connectivity index (χ2n) is 4.26. The van der Waals surface area contributed by atoms with Gasteiger partial charge in [0, 0.05) is 25.9 Å². The molecule has 0 saturated heterocycles. The van der Waals surface area contributed by atoms with E-state index in [1.165, 1.54) is 0 Å². The van der Waals surface area contributed by atoms with E-state index in [2.05, 4.69) is 4.90 Å². The predicted molar refractivity (Wildman–Crippen MR) is 79.3 cm³/mol. The minimum absolute atomic E-state index is 0.134. The molecule has 0 aliphatic rings. The molecule has 1 aromatic carbocycles. The van der Waals surface area contributed by atoms with Crippen molar-refractivity contribution in [1.29, 1.82) is 0 Å². The van der Waals surface area contributed by atoms with Crippen molar-refractivity contribution in [3.63, 3.8) is 0 Å². The summed E-state index contributed by atoms with van der Waals surface area (Å²) in [6.45, 7) is 4.47. The molecular weight excluding hydrogens is 258 g/mol. The first-order valence-electron chi connectivity index (χ1n) is 6.93. The summed E-state index contributed by atoms with van der Waals surface area (Å²) in [5, 5.41) is 9.11. The van der Waals surface area contributed by atoms with Crippen LogP contribution in [0.1, 0.15) is 0 Å². The molecule has 0 spiro atoms. The Morgan fingerprint density at radius 3 is 2.20 bits per heavy atom. The van der Waals surface area contributed by atoms with Gasteiger partial charge in [-0.2, -0.15) is 0 Å². The van der Waals surface area contributed by atoms with Crippen LogP contribution in [0.3, 0.4) is 0 Å². The normalized spacial score (nSPS) is 10.7. The maximum Gasteiger partial charge on any atom is 0.0701 e. The van der Waals surface area contributed by atoms with Crippen LogP contribution in [0.4, 0.5) is 5.69 Å². The molecule has 0 heterocycles. The summed E-state index contributed by atoms with van der Waals surface area (Å²) in [7, 11) is 1.65. The molecule has 0 unspecified atom stereocenters. The van der Waals surface area contributed by atoms with E-state index >= 15 is 0 Å². The highest BCUT2D eigenvalue weighted by Gasteiger charge is 2.04. The number of aliphatic hydroxyl groups is 1. The number of methoxy groups -OCH3 is 1. The summed E-state index contributed by atoms with van der Waals surface area (Å²) in [5.41, 5.74) is 1.10. The zero-order valence-electron chi connectivity index (χ0n) is 12.2. The Morgan fingerprint density at radius 2 is 1.55 bits per heavy atom. The molecule has 5 heteroatoms. The molecule has 0 aliphatic carbocycles. The van der Waals surface area contributed by atoms with Crippen molar-refractivity contribution in [2.75, 3.05) is 64.7 Å². The molecule has 0 aromatic heterocycles. The summed E-state index contributed by atoms with van der Waals surface area (Å²) in [4.78, 5) is 2.10. The number of anilines is 1. The van der Waals surface area contributed by atoms with Gasteiger partial charge in [0.25, 0.3) is 0 Å². The minimum atomic E-state index is 0.134. The van der Waals surface area contributed by atoms with E-state index < -0.39 is 0 Å². The number of para-hydroxylation sites is 1. The molecule has 114 valence electrons.